The number of primary amides is 1. The van der Waals surface area contributed by atoms with E-state index in [4.69, 9.17) is 10.8 Å². The van der Waals surface area contributed by atoms with Crippen LogP contribution >= 0.6 is 0 Å². The minimum atomic E-state index is -1.14. The summed E-state index contributed by atoms with van der Waals surface area (Å²) in [5.41, 5.74) is 5.69. The van der Waals surface area contributed by atoms with E-state index in [9.17, 15) is 14.4 Å². The smallest absolute Gasteiger partial charge is 0.325 e. The second-order valence-electron chi connectivity index (χ2n) is 3.60. The van der Waals surface area contributed by atoms with Gasteiger partial charge in [0, 0.05) is 11.3 Å². The van der Waals surface area contributed by atoms with Crippen molar-refractivity contribution < 1.29 is 19.5 Å². The highest BCUT2D eigenvalue weighted by Gasteiger charge is 2.13. The van der Waals surface area contributed by atoms with Gasteiger partial charge in [-0.05, 0) is 25.1 Å². The quantitative estimate of drug-likeness (QED) is 0.617. The maximum Gasteiger partial charge on any atom is 0.325 e. The minimum Gasteiger partial charge on any atom is -0.480 e. The Hall–Kier alpha value is -2.57. The summed E-state index contributed by atoms with van der Waals surface area (Å²) in [5.74, 6) is -1.76. The van der Waals surface area contributed by atoms with Crippen LogP contribution in [-0.2, 0) is 4.79 Å². The molecule has 0 aliphatic heterocycles. The Morgan fingerprint density at radius 2 is 2.00 bits per heavy atom. The first-order chi connectivity index (χ1) is 8.40. The number of nitrogens with two attached hydrogens (primary N) is 1. The van der Waals surface area contributed by atoms with Gasteiger partial charge in [-0.1, -0.05) is 6.07 Å². The molecule has 0 fully saturated rings. The van der Waals surface area contributed by atoms with Crippen molar-refractivity contribution in [3.8, 4) is 0 Å². The molecule has 3 amide bonds. The van der Waals surface area contributed by atoms with E-state index in [1.807, 2.05) is 0 Å². The van der Waals surface area contributed by atoms with E-state index in [1.54, 1.807) is 12.1 Å². The predicted octanol–water partition coefficient (Wildman–Crippen LogP) is 0.380. The van der Waals surface area contributed by atoms with Crippen LogP contribution in [0.15, 0.2) is 24.3 Å². The lowest BCUT2D eigenvalue weighted by atomic mass is 10.2. The molecule has 0 aromatic heterocycles. The van der Waals surface area contributed by atoms with Gasteiger partial charge in [0.15, 0.2) is 0 Å². The maximum absolute atomic E-state index is 11.4. The summed E-state index contributed by atoms with van der Waals surface area (Å²) in [6.45, 7) is 1.34. The van der Waals surface area contributed by atoms with Gasteiger partial charge in [-0.15, -0.1) is 0 Å². The normalized spacial score (nSPS) is 11.4. The van der Waals surface area contributed by atoms with Crippen LogP contribution in [-0.4, -0.2) is 29.1 Å². The molecular weight excluding hydrogens is 238 g/mol. The molecule has 0 radical (unpaired) electrons. The molecule has 1 atom stereocenters. The van der Waals surface area contributed by atoms with Gasteiger partial charge >= 0.3 is 12.0 Å². The Morgan fingerprint density at radius 1 is 1.33 bits per heavy atom. The third-order valence-corrected chi connectivity index (χ3v) is 2.12. The predicted molar refractivity (Wildman–Crippen MR) is 64.2 cm³/mol. The highest BCUT2D eigenvalue weighted by Crippen LogP contribution is 2.09. The average molecular weight is 251 g/mol. The molecule has 18 heavy (non-hydrogen) atoms. The fourth-order valence-corrected chi connectivity index (χ4v) is 1.18. The van der Waals surface area contributed by atoms with E-state index >= 15 is 0 Å². The van der Waals surface area contributed by atoms with E-state index in [2.05, 4.69) is 10.6 Å². The number of benzene rings is 1. The standard InChI is InChI=1S/C11H13N3O4/c1-6(10(16)17)13-11(18)14-8-4-2-3-7(5-8)9(12)15/h2-6H,1H3,(H2,12,15)(H,16,17)(H2,13,14,18)/t6-/m1/s1. The molecule has 0 saturated carbocycles. The molecule has 1 aromatic rings. The second-order valence-corrected chi connectivity index (χ2v) is 3.60. The van der Waals surface area contributed by atoms with Gasteiger partial charge in [-0.25, -0.2) is 4.79 Å². The molecule has 7 nitrogen and oxygen atoms in total. The Bertz CT molecular complexity index is 487. The van der Waals surface area contributed by atoms with Crippen molar-refractivity contribution >= 4 is 23.6 Å². The Balaban J connectivity index is 2.67. The largest absolute Gasteiger partial charge is 0.480 e. The molecule has 1 aromatic carbocycles. The average Bonchev–Trinajstić information content (AvgIpc) is 2.28. The van der Waals surface area contributed by atoms with Crippen molar-refractivity contribution in [2.24, 2.45) is 5.73 Å². The molecule has 0 heterocycles. The van der Waals surface area contributed by atoms with Crippen molar-refractivity contribution in [2.75, 3.05) is 5.32 Å². The number of carboxylic acids is 1. The van der Waals surface area contributed by atoms with Gasteiger partial charge < -0.3 is 21.5 Å². The van der Waals surface area contributed by atoms with Crippen molar-refractivity contribution in [2.45, 2.75) is 13.0 Å². The lowest BCUT2D eigenvalue weighted by Crippen LogP contribution is -2.40. The fraction of sp³-hybridized carbons (Fsp3) is 0.182. The van der Waals surface area contributed by atoms with Gasteiger partial charge in [-0.2, -0.15) is 0 Å². The number of carbonyl (C=O) groups excluding carboxylic acids is 2. The summed E-state index contributed by atoms with van der Waals surface area (Å²) in [5, 5.41) is 13.2. The lowest BCUT2D eigenvalue weighted by molar-refractivity contribution is -0.138. The van der Waals surface area contributed by atoms with Crippen LogP contribution in [0, 0.1) is 0 Å². The summed E-state index contributed by atoms with van der Waals surface area (Å²) in [4.78, 5) is 32.9. The number of rotatable bonds is 4. The first kappa shape index (κ1) is 13.5. The van der Waals surface area contributed by atoms with E-state index < -0.39 is 23.9 Å². The number of carbonyl (C=O) groups is 3. The Labute approximate surface area is 103 Å². The van der Waals surface area contributed by atoms with Crippen LogP contribution in [0.5, 0.6) is 0 Å². The molecule has 0 saturated heterocycles. The number of hydrogen-bond acceptors (Lipinski definition) is 3. The topological polar surface area (TPSA) is 122 Å². The van der Waals surface area contributed by atoms with Crippen LogP contribution in [0.2, 0.25) is 0 Å². The fourth-order valence-electron chi connectivity index (χ4n) is 1.18. The first-order valence-corrected chi connectivity index (χ1v) is 5.10. The summed E-state index contributed by atoms with van der Waals surface area (Å²) in [7, 11) is 0. The molecular formula is C11H13N3O4. The van der Waals surface area contributed by atoms with Crippen molar-refractivity contribution in [1.29, 1.82) is 0 Å². The van der Waals surface area contributed by atoms with Crippen molar-refractivity contribution in [1.82, 2.24) is 5.32 Å². The zero-order valence-electron chi connectivity index (χ0n) is 9.64. The number of carboxylic acid groups (broad SMARTS) is 1. The zero-order chi connectivity index (χ0) is 13.7. The molecule has 0 aliphatic carbocycles. The van der Waals surface area contributed by atoms with Gasteiger partial charge in [0.05, 0.1) is 0 Å². The molecule has 7 heteroatoms. The molecule has 1 rings (SSSR count). The highest BCUT2D eigenvalue weighted by atomic mass is 16.4. The molecule has 0 bridgehead atoms. The monoisotopic (exact) mass is 251 g/mol. The number of aliphatic carboxylic acids is 1. The Kier molecular flexibility index (Phi) is 4.25. The third kappa shape index (κ3) is 3.78. The summed E-state index contributed by atoms with van der Waals surface area (Å²) >= 11 is 0. The third-order valence-electron chi connectivity index (χ3n) is 2.12. The SMILES string of the molecule is C[C@@H](NC(=O)Nc1cccc(C(N)=O)c1)C(=O)O. The number of amides is 3. The minimum absolute atomic E-state index is 0.249. The first-order valence-electron chi connectivity index (χ1n) is 5.10. The molecule has 96 valence electrons. The van der Waals surface area contributed by atoms with Crippen LogP contribution in [0.25, 0.3) is 0 Å². The van der Waals surface area contributed by atoms with Crippen LogP contribution in [0.4, 0.5) is 10.5 Å². The van der Waals surface area contributed by atoms with E-state index in [1.165, 1.54) is 19.1 Å². The summed E-state index contributed by atoms with van der Waals surface area (Å²) < 4.78 is 0. The Morgan fingerprint density at radius 3 is 2.56 bits per heavy atom. The van der Waals surface area contributed by atoms with Gasteiger partial charge in [0.1, 0.15) is 6.04 Å². The maximum atomic E-state index is 11.4. The van der Waals surface area contributed by atoms with E-state index in [-0.39, 0.29) is 5.56 Å². The van der Waals surface area contributed by atoms with Gasteiger partial charge in [0.2, 0.25) is 5.91 Å². The second kappa shape index (κ2) is 5.67. The number of anilines is 1. The van der Waals surface area contributed by atoms with Gasteiger partial charge in [0.25, 0.3) is 0 Å². The zero-order valence-corrected chi connectivity index (χ0v) is 9.64. The molecule has 0 aliphatic rings. The number of nitrogens with one attached hydrogen (secondary N) is 2. The molecule has 5 N–H and O–H groups in total. The van der Waals surface area contributed by atoms with Crippen LogP contribution in [0.3, 0.4) is 0 Å². The number of urea groups is 1. The summed E-state index contributed by atoms with van der Waals surface area (Å²) in [6.07, 6.45) is 0. The van der Waals surface area contributed by atoms with E-state index in [0.717, 1.165) is 0 Å². The van der Waals surface area contributed by atoms with Crippen LogP contribution < -0.4 is 16.4 Å². The lowest BCUT2D eigenvalue weighted by Gasteiger charge is -2.11. The van der Waals surface area contributed by atoms with Gasteiger partial charge in [-0.3, -0.25) is 9.59 Å². The highest BCUT2D eigenvalue weighted by molar-refractivity contribution is 5.96. The van der Waals surface area contributed by atoms with Crippen LogP contribution in [0.1, 0.15) is 17.3 Å². The van der Waals surface area contributed by atoms with Crippen molar-refractivity contribution in [3.05, 3.63) is 29.8 Å². The molecule has 0 spiro atoms. The molecule has 0 unspecified atom stereocenters. The van der Waals surface area contributed by atoms with Crippen molar-refractivity contribution in [3.63, 3.8) is 0 Å². The number of hydrogen-bond donors (Lipinski definition) is 4. The summed E-state index contributed by atoms with van der Waals surface area (Å²) in [6, 6.07) is 4.32. The van der Waals surface area contributed by atoms with E-state index in [0.29, 0.717) is 5.69 Å².